The van der Waals surface area contributed by atoms with Gasteiger partial charge in [0.05, 0.1) is 16.2 Å². The fourth-order valence-corrected chi connectivity index (χ4v) is 2.44. The molecule has 0 radical (unpaired) electrons. The Hall–Kier alpha value is -3.75. The van der Waals surface area contributed by atoms with Crippen LogP contribution in [0, 0.1) is 10.1 Å². The van der Waals surface area contributed by atoms with Gasteiger partial charge in [0.1, 0.15) is 5.69 Å². The molecule has 0 spiro atoms. The smallest absolute Gasteiger partial charge is 0.339 e. The molecule has 0 saturated carbocycles. The molecule has 1 amide bonds. The van der Waals surface area contributed by atoms with E-state index in [-0.39, 0.29) is 22.7 Å². The van der Waals surface area contributed by atoms with Gasteiger partial charge in [-0.15, -0.1) is 0 Å². The second-order valence-corrected chi connectivity index (χ2v) is 5.88. The van der Waals surface area contributed by atoms with Gasteiger partial charge in [0, 0.05) is 18.7 Å². The minimum atomic E-state index is -1.18. The topological polar surface area (TPSA) is 128 Å². The zero-order chi connectivity index (χ0) is 20.8. The molecule has 0 aliphatic carbocycles. The lowest BCUT2D eigenvalue weighted by Crippen LogP contribution is -2.30. The number of anilines is 2. The molecule has 2 aromatic carbocycles. The van der Waals surface area contributed by atoms with Crippen molar-refractivity contribution >= 4 is 34.7 Å². The van der Waals surface area contributed by atoms with E-state index in [1.807, 2.05) is 0 Å². The number of ether oxygens (including phenoxy) is 1. The maximum absolute atomic E-state index is 12.3. The predicted octanol–water partition coefficient (Wildman–Crippen LogP) is 3.02. The Labute approximate surface area is 160 Å². The molecule has 2 aromatic rings. The molecule has 0 saturated heterocycles. The maximum atomic E-state index is 12.3. The number of amides is 1. The van der Waals surface area contributed by atoms with Gasteiger partial charge in [-0.05, 0) is 38.1 Å². The maximum Gasteiger partial charge on any atom is 0.339 e. The SMILES string of the molecule is CNc1ccc(C(=O)O[C@H](C)C(=O)Nc2ccccc2C(C)=O)cc1[N+](=O)[O-]. The zero-order valence-electron chi connectivity index (χ0n) is 15.5. The van der Waals surface area contributed by atoms with Crippen LogP contribution in [-0.4, -0.2) is 35.7 Å². The molecular formula is C19H19N3O6. The first-order valence-electron chi connectivity index (χ1n) is 8.32. The first kappa shape index (κ1) is 20.6. The van der Waals surface area contributed by atoms with Crippen LogP contribution in [-0.2, 0) is 9.53 Å². The molecule has 0 aliphatic heterocycles. The molecule has 0 heterocycles. The van der Waals surface area contributed by atoms with Gasteiger partial charge in [0.2, 0.25) is 0 Å². The van der Waals surface area contributed by atoms with Crippen molar-refractivity contribution < 1.29 is 24.0 Å². The second-order valence-electron chi connectivity index (χ2n) is 5.88. The first-order valence-corrected chi connectivity index (χ1v) is 8.32. The minimum Gasteiger partial charge on any atom is -0.449 e. The van der Waals surface area contributed by atoms with Crippen LogP contribution in [0.3, 0.4) is 0 Å². The van der Waals surface area contributed by atoms with Crippen molar-refractivity contribution in [3.8, 4) is 0 Å². The van der Waals surface area contributed by atoms with Crippen LogP contribution < -0.4 is 10.6 Å². The summed E-state index contributed by atoms with van der Waals surface area (Å²) in [5.74, 6) is -1.74. The summed E-state index contributed by atoms with van der Waals surface area (Å²) in [7, 11) is 1.52. The highest BCUT2D eigenvalue weighted by atomic mass is 16.6. The molecule has 146 valence electrons. The van der Waals surface area contributed by atoms with E-state index < -0.39 is 22.9 Å². The highest BCUT2D eigenvalue weighted by Crippen LogP contribution is 2.25. The van der Waals surface area contributed by atoms with Crippen molar-refractivity contribution in [2.75, 3.05) is 17.7 Å². The highest BCUT2D eigenvalue weighted by Gasteiger charge is 2.23. The number of carbonyl (C=O) groups excluding carboxylic acids is 3. The Morgan fingerprint density at radius 3 is 2.39 bits per heavy atom. The van der Waals surface area contributed by atoms with E-state index in [1.54, 1.807) is 24.3 Å². The Morgan fingerprint density at radius 1 is 1.11 bits per heavy atom. The van der Waals surface area contributed by atoms with Crippen LogP contribution >= 0.6 is 0 Å². The molecule has 2 N–H and O–H groups in total. The predicted molar refractivity (Wildman–Crippen MR) is 103 cm³/mol. The summed E-state index contributed by atoms with van der Waals surface area (Å²) in [5, 5.41) is 16.3. The number of Topliss-reactive ketones (excluding diaryl/α,β-unsaturated/α-hetero) is 1. The lowest BCUT2D eigenvalue weighted by molar-refractivity contribution is -0.384. The summed E-state index contributed by atoms with van der Waals surface area (Å²) in [4.78, 5) is 46.7. The van der Waals surface area contributed by atoms with Crippen molar-refractivity contribution in [1.82, 2.24) is 0 Å². The molecule has 0 bridgehead atoms. The molecule has 28 heavy (non-hydrogen) atoms. The third kappa shape index (κ3) is 4.70. The van der Waals surface area contributed by atoms with Gasteiger partial charge in [0.15, 0.2) is 11.9 Å². The number of nitrogens with zero attached hydrogens (tertiary/aromatic N) is 1. The summed E-state index contributed by atoms with van der Waals surface area (Å²) in [6, 6.07) is 10.3. The number of nitrogens with one attached hydrogen (secondary N) is 2. The number of nitro groups is 1. The fourth-order valence-electron chi connectivity index (χ4n) is 2.44. The first-order chi connectivity index (χ1) is 13.2. The Morgan fingerprint density at radius 2 is 1.79 bits per heavy atom. The molecular weight excluding hydrogens is 366 g/mol. The van der Waals surface area contributed by atoms with Crippen molar-refractivity contribution in [2.45, 2.75) is 20.0 Å². The van der Waals surface area contributed by atoms with Crippen LogP contribution in [0.5, 0.6) is 0 Å². The third-order valence-electron chi connectivity index (χ3n) is 3.92. The minimum absolute atomic E-state index is 0.0607. The molecule has 9 heteroatoms. The number of hydrogen-bond acceptors (Lipinski definition) is 7. The number of benzene rings is 2. The average Bonchev–Trinajstić information content (AvgIpc) is 2.67. The Balaban J connectivity index is 2.12. The number of esters is 1. The molecule has 0 aromatic heterocycles. The second kappa shape index (κ2) is 8.76. The van der Waals surface area contributed by atoms with Gasteiger partial charge in [-0.2, -0.15) is 0 Å². The van der Waals surface area contributed by atoms with Crippen molar-refractivity contribution in [2.24, 2.45) is 0 Å². The van der Waals surface area contributed by atoms with Crippen LogP contribution in [0.25, 0.3) is 0 Å². The lowest BCUT2D eigenvalue weighted by Gasteiger charge is -2.15. The number of carbonyl (C=O) groups is 3. The number of nitro benzene ring substituents is 1. The summed E-state index contributed by atoms with van der Waals surface area (Å²) in [6.07, 6.45) is -1.18. The van der Waals surface area contributed by atoms with Crippen molar-refractivity contribution in [1.29, 1.82) is 0 Å². The largest absolute Gasteiger partial charge is 0.449 e. The monoisotopic (exact) mass is 385 g/mol. The molecule has 0 fully saturated rings. The summed E-state index contributed by atoms with van der Waals surface area (Å²) in [6.45, 7) is 2.73. The third-order valence-corrected chi connectivity index (χ3v) is 3.92. The standard InChI is InChI=1S/C19H19N3O6/c1-11(23)14-6-4-5-7-15(14)21-18(24)12(2)28-19(25)13-8-9-16(20-3)17(10-13)22(26)27/h4-10,12,20H,1-3H3,(H,21,24)/t12-/m1/s1. The summed E-state index contributed by atoms with van der Waals surface area (Å²) < 4.78 is 5.10. The molecule has 0 unspecified atom stereocenters. The van der Waals surface area contributed by atoms with Crippen molar-refractivity contribution in [3.05, 3.63) is 63.7 Å². The van der Waals surface area contributed by atoms with Crippen LogP contribution in [0.2, 0.25) is 0 Å². The zero-order valence-corrected chi connectivity index (χ0v) is 15.5. The van der Waals surface area contributed by atoms with E-state index >= 15 is 0 Å². The van der Waals surface area contributed by atoms with Gasteiger partial charge in [-0.3, -0.25) is 19.7 Å². The normalized spacial score (nSPS) is 11.2. The van der Waals surface area contributed by atoms with Gasteiger partial charge in [-0.1, -0.05) is 12.1 Å². The summed E-state index contributed by atoms with van der Waals surface area (Å²) >= 11 is 0. The molecule has 9 nitrogen and oxygen atoms in total. The van der Waals surface area contributed by atoms with Gasteiger partial charge >= 0.3 is 5.97 Å². The highest BCUT2D eigenvalue weighted by molar-refractivity contribution is 6.05. The Kier molecular flexibility index (Phi) is 6.43. The number of para-hydroxylation sites is 1. The van der Waals surface area contributed by atoms with Crippen LogP contribution in [0.1, 0.15) is 34.6 Å². The fraction of sp³-hybridized carbons (Fsp3) is 0.211. The Bertz CT molecular complexity index is 941. The number of ketones is 1. The van der Waals surface area contributed by atoms with E-state index in [9.17, 15) is 24.5 Å². The van der Waals surface area contributed by atoms with Crippen LogP contribution in [0.15, 0.2) is 42.5 Å². The van der Waals surface area contributed by atoms with E-state index in [1.165, 1.54) is 33.0 Å². The van der Waals surface area contributed by atoms with Gasteiger partial charge in [0.25, 0.3) is 11.6 Å². The van der Waals surface area contributed by atoms with Crippen molar-refractivity contribution in [3.63, 3.8) is 0 Å². The molecule has 0 aliphatic rings. The van der Waals surface area contributed by atoms with Gasteiger partial charge in [-0.25, -0.2) is 4.79 Å². The number of hydrogen-bond donors (Lipinski definition) is 2. The van der Waals surface area contributed by atoms with E-state index in [4.69, 9.17) is 4.74 Å². The molecule has 1 atom stereocenters. The van der Waals surface area contributed by atoms with E-state index in [2.05, 4.69) is 10.6 Å². The van der Waals surface area contributed by atoms with E-state index in [0.29, 0.717) is 11.3 Å². The quantitative estimate of drug-likeness (QED) is 0.324. The van der Waals surface area contributed by atoms with E-state index in [0.717, 1.165) is 6.07 Å². The lowest BCUT2D eigenvalue weighted by atomic mass is 10.1. The molecule has 2 rings (SSSR count). The van der Waals surface area contributed by atoms with Gasteiger partial charge < -0.3 is 15.4 Å². The van der Waals surface area contributed by atoms with Crippen LogP contribution in [0.4, 0.5) is 17.1 Å². The number of rotatable bonds is 7. The summed E-state index contributed by atoms with van der Waals surface area (Å²) in [5.41, 5.74) is 0.525. The average molecular weight is 385 g/mol.